The maximum Gasteiger partial charge on any atom is 0.157 e. The molecular weight excluding hydrogens is 240 g/mol. The molecule has 5 heteroatoms. The van der Waals surface area contributed by atoms with Crippen molar-refractivity contribution in [2.45, 2.75) is 32.4 Å². The second kappa shape index (κ2) is 5.84. The molecule has 2 heterocycles. The lowest BCUT2D eigenvalue weighted by molar-refractivity contribution is -0.125. The highest BCUT2D eigenvalue weighted by Gasteiger charge is 2.28. The number of nitrogens with zero attached hydrogens (tertiary/aromatic N) is 4. The van der Waals surface area contributed by atoms with Crippen LogP contribution in [0.2, 0.25) is 0 Å². The van der Waals surface area contributed by atoms with Crippen molar-refractivity contribution in [1.82, 2.24) is 19.6 Å². The van der Waals surface area contributed by atoms with Crippen molar-refractivity contribution in [3.63, 3.8) is 0 Å². The van der Waals surface area contributed by atoms with E-state index in [0.29, 0.717) is 12.5 Å². The Balaban J connectivity index is 1.99. The summed E-state index contributed by atoms with van der Waals surface area (Å²) in [4.78, 5) is 16.8. The zero-order valence-electron chi connectivity index (χ0n) is 12.3. The molecule has 1 atom stereocenters. The van der Waals surface area contributed by atoms with Gasteiger partial charge in [0.2, 0.25) is 0 Å². The predicted molar refractivity (Wildman–Crippen MR) is 75.2 cm³/mol. The Kier molecular flexibility index (Phi) is 4.37. The first-order valence-corrected chi connectivity index (χ1v) is 6.93. The van der Waals surface area contributed by atoms with Gasteiger partial charge in [-0.1, -0.05) is 0 Å². The van der Waals surface area contributed by atoms with Crippen molar-refractivity contribution in [3.05, 3.63) is 18.0 Å². The maximum atomic E-state index is 12.4. The summed E-state index contributed by atoms with van der Waals surface area (Å²) in [6.45, 7) is 6.97. The molecular formula is C14H24N4O. The molecule has 0 N–H and O–H groups in total. The first-order chi connectivity index (χ1) is 8.97. The van der Waals surface area contributed by atoms with Gasteiger partial charge in [0, 0.05) is 31.9 Å². The zero-order chi connectivity index (χ0) is 14.0. The average molecular weight is 264 g/mol. The fraction of sp³-hybridized carbons (Fsp3) is 0.714. The molecule has 0 aromatic carbocycles. The number of hydrogen-bond acceptors (Lipinski definition) is 4. The van der Waals surface area contributed by atoms with Gasteiger partial charge in [-0.05, 0) is 34.0 Å². The smallest absolute Gasteiger partial charge is 0.157 e. The van der Waals surface area contributed by atoms with Crippen molar-refractivity contribution in [2.75, 3.05) is 33.7 Å². The summed E-state index contributed by atoms with van der Waals surface area (Å²) in [7, 11) is 4.10. The molecule has 1 aromatic rings. The van der Waals surface area contributed by atoms with E-state index in [-0.39, 0.29) is 11.8 Å². The normalized spacial score (nSPS) is 22.1. The molecule has 1 aliphatic heterocycles. The molecule has 0 amide bonds. The number of Topliss-reactive ketones (excluding diaryl/α,β-unsaturated/α-hetero) is 1. The number of likely N-dealkylation sites (N-methyl/N-ethyl adjacent to an activating group) is 2. The van der Waals surface area contributed by atoms with Crippen LogP contribution in [0.4, 0.5) is 0 Å². The van der Waals surface area contributed by atoms with Gasteiger partial charge in [-0.3, -0.25) is 14.4 Å². The van der Waals surface area contributed by atoms with Crippen LogP contribution in [0, 0.1) is 0 Å². The Hall–Kier alpha value is -1.20. The molecule has 1 unspecified atom stereocenters. The van der Waals surface area contributed by atoms with Crippen LogP contribution in [-0.2, 0) is 11.2 Å². The molecule has 19 heavy (non-hydrogen) atoms. The third-order valence-electron chi connectivity index (χ3n) is 3.77. The molecule has 0 bridgehead atoms. The number of aromatic nitrogens is 2. The van der Waals surface area contributed by atoms with Crippen molar-refractivity contribution >= 4 is 5.78 Å². The van der Waals surface area contributed by atoms with Crippen molar-refractivity contribution in [3.8, 4) is 0 Å². The van der Waals surface area contributed by atoms with Gasteiger partial charge in [0.05, 0.1) is 18.2 Å². The fourth-order valence-electron chi connectivity index (χ4n) is 2.41. The average Bonchev–Trinajstić information content (AvgIpc) is 2.80. The predicted octanol–water partition coefficient (Wildman–Crippen LogP) is 0.821. The molecule has 1 fully saturated rings. The standard InChI is InChI=1S/C14H24N4O/c1-11(2)18-6-5-12(15-18)9-14(19)13-10-16(3)7-8-17(13)4/h5-6,11,13H,7-10H2,1-4H3. The SMILES string of the molecule is CC(C)n1ccc(CC(=O)C2CN(C)CCN2C)n1. The van der Waals surface area contributed by atoms with E-state index in [2.05, 4.69) is 35.8 Å². The molecule has 0 aliphatic carbocycles. The molecule has 2 rings (SSSR count). The lowest BCUT2D eigenvalue weighted by Gasteiger charge is -2.36. The summed E-state index contributed by atoms with van der Waals surface area (Å²) in [5.74, 6) is 0.267. The minimum atomic E-state index is 0.00273. The lowest BCUT2D eigenvalue weighted by atomic mass is 10.0. The van der Waals surface area contributed by atoms with E-state index >= 15 is 0 Å². The van der Waals surface area contributed by atoms with Gasteiger partial charge in [-0.2, -0.15) is 5.10 Å². The van der Waals surface area contributed by atoms with Crippen molar-refractivity contribution in [1.29, 1.82) is 0 Å². The number of carbonyl (C=O) groups excluding carboxylic acids is 1. The van der Waals surface area contributed by atoms with Gasteiger partial charge in [0.1, 0.15) is 0 Å². The zero-order valence-corrected chi connectivity index (χ0v) is 12.3. The number of ketones is 1. The van der Waals surface area contributed by atoms with Gasteiger partial charge in [-0.15, -0.1) is 0 Å². The van der Waals surface area contributed by atoms with E-state index in [9.17, 15) is 4.79 Å². The Morgan fingerprint density at radius 2 is 2.16 bits per heavy atom. The van der Waals surface area contributed by atoms with Gasteiger partial charge < -0.3 is 4.90 Å². The molecule has 0 spiro atoms. The van der Waals surface area contributed by atoms with Crippen LogP contribution in [0.15, 0.2) is 12.3 Å². The molecule has 5 nitrogen and oxygen atoms in total. The molecule has 106 valence electrons. The lowest BCUT2D eigenvalue weighted by Crippen LogP contribution is -2.53. The van der Waals surface area contributed by atoms with Gasteiger partial charge in [0.25, 0.3) is 0 Å². The monoisotopic (exact) mass is 264 g/mol. The van der Waals surface area contributed by atoms with Crippen LogP contribution < -0.4 is 0 Å². The molecule has 1 aromatic heterocycles. The summed E-state index contributed by atoms with van der Waals surface area (Å²) in [5, 5.41) is 4.45. The minimum Gasteiger partial charge on any atom is -0.303 e. The van der Waals surface area contributed by atoms with E-state index in [1.54, 1.807) is 0 Å². The van der Waals surface area contributed by atoms with Crippen LogP contribution in [0.3, 0.4) is 0 Å². The Labute approximate surface area is 115 Å². The summed E-state index contributed by atoms with van der Waals surface area (Å²) < 4.78 is 1.90. The second-order valence-electron chi connectivity index (χ2n) is 5.78. The number of piperazine rings is 1. The van der Waals surface area contributed by atoms with E-state index in [1.807, 2.05) is 24.0 Å². The van der Waals surface area contributed by atoms with E-state index in [0.717, 1.165) is 25.3 Å². The number of rotatable bonds is 4. The summed E-state index contributed by atoms with van der Waals surface area (Å²) in [6.07, 6.45) is 2.38. The van der Waals surface area contributed by atoms with Crippen LogP contribution >= 0.6 is 0 Å². The first kappa shape index (κ1) is 14.2. The van der Waals surface area contributed by atoms with E-state index < -0.39 is 0 Å². The van der Waals surface area contributed by atoms with Crippen LogP contribution in [0.1, 0.15) is 25.6 Å². The maximum absolute atomic E-state index is 12.4. The van der Waals surface area contributed by atoms with Crippen LogP contribution in [0.5, 0.6) is 0 Å². The van der Waals surface area contributed by atoms with Gasteiger partial charge in [0.15, 0.2) is 5.78 Å². The third kappa shape index (κ3) is 3.42. The van der Waals surface area contributed by atoms with Gasteiger partial charge >= 0.3 is 0 Å². The molecule has 0 saturated carbocycles. The quantitative estimate of drug-likeness (QED) is 0.807. The van der Waals surface area contributed by atoms with E-state index in [4.69, 9.17) is 0 Å². The minimum absolute atomic E-state index is 0.00273. The Morgan fingerprint density at radius 1 is 1.42 bits per heavy atom. The molecule has 1 aliphatic rings. The summed E-state index contributed by atoms with van der Waals surface area (Å²) in [5.41, 5.74) is 0.875. The van der Waals surface area contributed by atoms with Crippen molar-refractivity contribution < 1.29 is 4.79 Å². The molecule has 1 saturated heterocycles. The Morgan fingerprint density at radius 3 is 2.79 bits per heavy atom. The van der Waals surface area contributed by atoms with Gasteiger partial charge in [-0.25, -0.2) is 0 Å². The number of carbonyl (C=O) groups is 1. The fourth-order valence-corrected chi connectivity index (χ4v) is 2.41. The largest absolute Gasteiger partial charge is 0.303 e. The highest BCUT2D eigenvalue weighted by molar-refractivity contribution is 5.86. The second-order valence-corrected chi connectivity index (χ2v) is 5.78. The highest BCUT2D eigenvalue weighted by atomic mass is 16.1. The summed E-state index contributed by atoms with van der Waals surface area (Å²) in [6, 6.07) is 2.29. The van der Waals surface area contributed by atoms with E-state index in [1.165, 1.54) is 0 Å². The Bertz CT molecular complexity index is 440. The first-order valence-electron chi connectivity index (χ1n) is 6.93. The summed E-state index contributed by atoms with van der Waals surface area (Å²) >= 11 is 0. The molecule has 0 radical (unpaired) electrons. The number of hydrogen-bond donors (Lipinski definition) is 0. The third-order valence-corrected chi connectivity index (χ3v) is 3.77. The van der Waals surface area contributed by atoms with Crippen LogP contribution in [-0.4, -0.2) is 65.1 Å². The van der Waals surface area contributed by atoms with Crippen molar-refractivity contribution in [2.24, 2.45) is 0 Å². The topological polar surface area (TPSA) is 41.4 Å². The van der Waals surface area contributed by atoms with Crippen LogP contribution in [0.25, 0.3) is 0 Å². The highest BCUT2D eigenvalue weighted by Crippen LogP contribution is 2.11.